The van der Waals surface area contributed by atoms with Crippen molar-refractivity contribution < 1.29 is 19.5 Å². The summed E-state index contributed by atoms with van der Waals surface area (Å²) in [5.74, 6) is -1.76. The van der Waals surface area contributed by atoms with Gasteiger partial charge in [-0.2, -0.15) is 0 Å². The Morgan fingerprint density at radius 2 is 1.95 bits per heavy atom. The number of hydrogen-bond acceptors (Lipinski definition) is 3. The van der Waals surface area contributed by atoms with Crippen molar-refractivity contribution in [3.8, 4) is 0 Å². The van der Waals surface area contributed by atoms with E-state index < -0.39 is 17.3 Å². The summed E-state index contributed by atoms with van der Waals surface area (Å²) in [5.41, 5.74) is -0.536. The molecule has 1 atom stereocenters. The lowest BCUT2D eigenvalue weighted by Crippen LogP contribution is -2.47. The SMILES string of the molecule is CC(C)(C)C(=O)NCC(=O)N1CCC[C@@H](C(=O)O)C1. The number of carboxylic acid groups (broad SMARTS) is 1. The number of hydrogen-bond donors (Lipinski definition) is 2. The Kier molecular flexibility index (Phi) is 4.91. The number of aliphatic carboxylic acids is 1. The molecule has 1 rings (SSSR count). The van der Waals surface area contributed by atoms with Crippen molar-refractivity contribution in [1.29, 1.82) is 0 Å². The van der Waals surface area contributed by atoms with Gasteiger partial charge >= 0.3 is 5.97 Å². The molecule has 2 amide bonds. The van der Waals surface area contributed by atoms with Crippen molar-refractivity contribution in [2.75, 3.05) is 19.6 Å². The molecule has 1 aliphatic heterocycles. The third kappa shape index (κ3) is 4.54. The van der Waals surface area contributed by atoms with Crippen molar-refractivity contribution in [1.82, 2.24) is 10.2 Å². The molecule has 1 fully saturated rings. The van der Waals surface area contributed by atoms with Gasteiger partial charge in [0.15, 0.2) is 0 Å². The fourth-order valence-corrected chi connectivity index (χ4v) is 1.94. The molecule has 0 aromatic rings. The molecule has 0 bridgehead atoms. The summed E-state index contributed by atoms with van der Waals surface area (Å²) >= 11 is 0. The van der Waals surface area contributed by atoms with Crippen LogP contribution < -0.4 is 5.32 Å². The second-order valence-corrected chi connectivity index (χ2v) is 5.95. The molecule has 0 aromatic heterocycles. The fourth-order valence-electron chi connectivity index (χ4n) is 1.94. The molecule has 108 valence electrons. The second kappa shape index (κ2) is 6.04. The lowest BCUT2D eigenvalue weighted by atomic mass is 9.95. The van der Waals surface area contributed by atoms with Gasteiger partial charge in [0.2, 0.25) is 11.8 Å². The molecule has 0 radical (unpaired) electrons. The van der Waals surface area contributed by atoms with Crippen LogP contribution in [0.5, 0.6) is 0 Å². The Labute approximate surface area is 113 Å². The van der Waals surface area contributed by atoms with E-state index in [0.717, 1.165) is 0 Å². The lowest BCUT2D eigenvalue weighted by Gasteiger charge is -2.31. The smallest absolute Gasteiger partial charge is 0.308 e. The minimum Gasteiger partial charge on any atom is -0.481 e. The van der Waals surface area contributed by atoms with Crippen molar-refractivity contribution in [3.63, 3.8) is 0 Å². The van der Waals surface area contributed by atoms with Gasteiger partial charge in [0.1, 0.15) is 0 Å². The molecule has 1 saturated heterocycles. The third-order valence-electron chi connectivity index (χ3n) is 3.20. The highest BCUT2D eigenvalue weighted by Gasteiger charge is 2.29. The summed E-state index contributed by atoms with van der Waals surface area (Å²) in [6.45, 7) is 6.05. The highest BCUT2D eigenvalue weighted by Crippen LogP contribution is 2.17. The molecular weight excluding hydrogens is 248 g/mol. The van der Waals surface area contributed by atoms with Crippen LogP contribution >= 0.6 is 0 Å². The van der Waals surface area contributed by atoms with Crippen LogP contribution in [0.25, 0.3) is 0 Å². The zero-order valence-electron chi connectivity index (χ0n) is 11.7. The number of likely N-dealkylation sites (tertiary alicyclic amines) is 1. The van der Waals surface area contributed by atoms with E-state index in [1.807, 2.05) is 0 Å². The highest BCUT2D eigenvalue weighted by molar-refractivity contribution is 5.87. The Morgan fingerprint density at radius 3 is 2.47 bits per heavy atom. The largest absolute Gasteiger partial charge is 0.481 e. The number of rotatable bonds is 3. The van der Waals surface area contributed by atoms with Crippen LogP contribution in [0.4, 0.5) is 0 Å². The predicted molar refractivity (Wildman–Crippen MR) is 69.4 cm³/mol. The van der Waals surface area contributed by atoms with E-state index in [0.29, 0.717) is 19.4 Å². The number of amides is 2. The van der Waals surface area contributed by atoms with E-state index in [9.17, 15) is 14.4 Å². The van der Waals surface area contributed by atoms with Crippen LogP contribution in [-0.2, 0) is 14.4 Å². The van der Waals surface area contributed by atoms with E-state index >= 15 is 0 Å². The maximum absolute atomic E-state index is 11.9. The average Bonchev–Trinajstić information content (AvgIpc) is 2.34. The van der Waals surface area contributed by atoms with Crippen LogP contribution in [0.1, 0.15) is 33.6 Å². The molecule has 0 saturated carbocycles. The number of carbonyl (C=O) groups excluding carboxylic acids is 2. The van der Waals surface area contributed by atoms with E-state index in [4.69, 9.17) is 5.11 Å². The maximum atomic E-state index is 11.9. The number of nitrogens with zero attached hydrogens (tertiary/aromatic N) is 1. The highest BCUT2D eigenvalue weighted by atomic mass is 16.4. The van der Waals surface area contributed by atoms with Crippen molar-refractivity contribution >= 4 is 17.8 Å². The number of piperidine rings is 1. The molecular formula is C13H22N2O4. The van der Waals surface area contributed by atoms with Gasteiger partial charge in [0.25, 0.3) is 0 Å². The minimum atomic E-state index is -0.865. The van der Waals surface area contributed by atoms with Gasteiger partial charge in [-0.1, -0.05) is 20.8 Å². The van der Waals surface area contributed by atoms with Gasteiger partial charge in [0.05, 0.1) is 12.5 Å². The number of nitrogens with one attached hydrogen (secondary N) is 1. The van der Waals surface area contributed by atoms with Gasteiger partial charge in [-0.05, 0) is 12.8 Å². The third-order valence-corrected chi connectivity index (χ3v) is 3.20. The molecule has 0 aromatic carbocycles. The maximum Gasteiger partial charge on any atom is 0.308 e. The molecule has 19 heavy (non-hydrogen) atoms. The van der Waals surface area contributed by atoms with E-state index in [-0.39, 0.29) is 24.9 Å². The van der Waals surface area contributed by atoms with Gasteiger partial charge in [-0.25, -0.2) is 0 Å². The van der Waals surface area contributed by atoms with E-state index in [1.165, 1.54) is 4.90 Å². The van der Waals surface area contributed by atoms with Crippen LogP contribution in [-0.4, -0.2) is 47.4 Å². The van der Waals surface area contributed by atoms with Crippen molar-refractivity contribution in [3.05, 3.63) is 0 Å². The van der Waals surface area contributed by atoms with Crippen molar-refractivity contribution in [2.45, 2.75) is 33.6 Å². The summed E-state index contributed by atoms with van der Waals surface area (Å²) in [6, 6.07) is 0. The summed E-state index contributed by atoms with van der Waals surface area (Å²) in [6.07, 6.45) is 1.30. The minimum absolute atomic E-state index is 0.0670. The molecule has 6 heteroatoms. The topological polar surface area (TPSA) is 86.7 Å². The molecule has 0 spiro atoms. The molecule has 1 heterocycles. The molecule has 0 unspecified atom stereocenters. The van der Waals surface area contributed by atoms with Gasteiger partial charge in [-0.3, -0.25) is 14.4 Å². The number of carbonyl (C=O) groups is 3. The first-order valence-corrected chi connectivity index (χ1v) is 6.50. The molecule has 6 nitrogen and oxygen atoms in total. The Bertz CT molecular complexity index is 373. The predicted octanol–water partition coefficient (Wildman–Crippen LogP) is 0.472. The van der Waals surface area contributed by atoms with Crippen LogP contribution in [0.15, 0.2) is 0 Å². The van der Waals surface area contributed by atoms with Gasteiger partial charge < -0.3 is 15.3 Å². The Hall–Kier alpha value is -1.59. The Balaban J connectivity index is 2.45. The van der Waals surface area contributed by atoms with E-state index in [2.05, 4.69) is 5.32 Å². The number of carboxylic acids is 1. The second-order valence-electron chi connectivity index (χ2n) is 5.95. The van der Waals surface area contributed by atoms with Crippen LogP contribution in [0.2, 0.25) is 0 Å². The zero-order valence-corrected chi connectivity index (χ0v) is 11.7. The standard InChI is InChI=1S/C13H22N2O4/c1-13(2,3)12(19)14-7-10(16)15-6-4-5-9(8-15)11(17)18/h9H,4-8H2,1-3H3,(H,14,19)(H,17,18)/t9-/m1/s1. The summed E-state index contributed by atoms with van der Waals surface area (Å²) < 4.78 is 0. The molecule has 0 aliphatic carbocycles. The first-order valence-electron chi connectivity index (χ1n) is 6.50. The summed E-state index contributed by atoms with van der Waals surface area (Å²) in [5, 5.41) is 11.5. The first kappa shape index (κ1) is 15.5. The fraction of sp³-hybridized carbons (Fsp3) is 0.769. The molecule has 1 aliphatic rings. The van der Waals surface area contributed by atoms with Crippen molar-refractivity contribution in [2.24, 2.45) is 11.3 Å². The quantitative estimate of drug-likeness (QED) is 0.780. The van der Waals surface area contributed by atoms with Crippen LogP contribution in [0.3, 0.4) is 0 Å². The normalized spacial score (nSPS) is 19.9. The van der Waals surface area contributed by atoms with Gasteiger partial charge in [0, 0.05) is 18.5 Å². The van der Waals surface area contributed by atoms with Crippen LogP contribution in [0, 0.1) is 11.3 Å². The summed E-state index contributed by atoms with van der Waals surface area (Å²) in [4.78, 5) is 36.0. The van der Waals surface area contributed by atoms with E-state index in [1.54, 1.807) is 20.8 Å². The summed E-state index contributed by atoms with van der Waals surface area (Å²) in [7, 11) is 0. The molecule has 2 N–H and O–H groups in total. The lowest BCUT2D eigenvalue weighted by molar-refractivity contribution is -0.146. The average molecular weight is 270 g/mol. The van der Waals surface area contributed by atoms with Gasteiger partial charge in [-0.15, -0.1) is 0 Å². The first-order chi connectivity index (χ1) is 8.71. The Morgan fingerprint density at radius 1 is 1.32 bits per heavy atom. The zero-order chi connectivity index (χ0) is 14.6. The monoisotopic (exact) mass is 270 g/mol.